The molecule has 4 heterocycles. The second kappa shape index (κ2) is 8.56. The van der Waals surface area contributed by atoms with Gasteiger partial charge in [0.05, 0.1) is 24.6 Å². The monoisotopic (exact) mass is 470 g/mol. The van der Waals surface area contributed by atoms with Crippen LogP contribution in [0.5, 0.6) is 5.88 Å². The van der Waals surface area contributed by atoms with E-state index in [-0.39, 0.29) is 23.7 Å². The average Bonchev–Trinajstić information content (AvgIpc) is 3.21. The lowest BCUT2D eigenvalue weighted by Crippen LogP contribution is -2.27. The van der Waals surface area contributed by atoms with Crippen LogP contribution in [-0.4, -0.2) is 50.2 Å². The van der Waals surface area contributed by atoms with Crippen molar-refractivity contribution < 1.29 is 5.11 Å². The third-order valence-corrected chi connectivity index (χ3v) is 5.72. The van der Waals surface area contributed by atoms with Crippen LogP contribution in [0, 0.1) is 0 Å². The summed E-state index contributed by atoms with van der Waals surface area (Å²) in [6, 6.07) is 10.1. The molecule has 1 aliphatic carbocycles. The summed E-state index contributed by atoms with van der Waals surface area (Å²) in [4.78, 5) is 34.7. The molecule has 0 aliphatic heterocycles. The highest BCUT2D eigenvalue weighted by atomic mass is 16.3. The Morgan fingerprint density at radius 3 is 2.80 bits per heavy atom. The van der Waals surface area contributed by atoms with E-state index in [4.69, 9.17) is 9.98 Å². The molecule has 1 aliphatic rings. The van der Waals surface area contributed by atoms with Crippen molar-refractivity contribution in [2.24, 2.45) is 4.99 Å². The number of rotatable bonds is 7. The number of benzene rings is 1. The molecule has 4 aromatic heterocycles. The molecule has 1 unspecified atom stereocenters. The van der Waals surface area contributed by atoms with Crippen molar-refractivity contribution in [3.8, 4) is 5.88 Å². The van der Waals surface area contributed by atoms with Gasteiger partial charge in [-0.2, -0.15) is 19.6 Å². The van der Waals surface area contributed by atoms with Crippen LogP contribution in [0.2, 0.25) is 0 Å². The maximum Gasteiger partial charge on any atom is 0.326 e. The van der Waals surface area contributed by atoms with Crippen LogP contribution in [0.1, 0.15) is 30.1 Å². The molecule has 1 fully saturated rings. The van der Waals surface area contributed by atoms with Gasteiger partial charge in [-0.05, 0) is 24.5 Å². The molecule has 0 saturated heterocycles. The predicted octanol–water partition coefficient (Wildman–Crippen LogP) is 0.507. The van der Waals surface area contributed by atoms with Gasteiger partial charge in [-0.25, -0.2) is 14.8 Å². The SMILES string of the molecule is O=c1[nH]c(O)c(/C=c2\cnn3c(=NC4CC4)nc(NC(Cn4ccnc4)c4ccccc4)nc23)[nH]1. The number of hydrogen-bond donors (Lipinski definition) is 4. The number of H-pyrrole nitrogens is 2. The van der Waals surface area contributed by atoms with E-state index in [2.05, 4.69) is 30.4 Å². The summed E-state index contributed by atoms with van der Waals surface area (Å²) >= 11 is 0. The standard InChI is InChI=1S/C23H22N10O2/c34-20-17(28-23(35)30-20)10-15-11-25-33-19(15)29-21(31-22(33)26-16-6-7-16)27-18(12-32-9-8-24-13-32)14-4-2-1-3-5-14/h1-5,8-11,13,16,18,34H,6-7,12H2,(H,26,27,31)(H2,28,30,35)/b15-10+. The first-order chi connectivity index (χ1) is 17.1. The molecule has 1 aromatic carbocycles. The number of aromatic nitrogens is 8. The number of imidazole rings is 2. The Labute approximate surface area is 197 Å². The van der Waals surface area contributed by atoms with E-state index in [1.54, 1.807) is 29.3 Å². The summed E-state index contributed by atoms with van der Waals surface area (Å²) in [5, 5.41) is 18.5. The highest BCUT2D eigenvalue weighted by molar-refractivity contribution is 5.57. The predicted molar refractivity (Wildman–Crippen MR) is 126 cm³/mol. The lowest BCUT2D eigenvalue weighted by molar-refractivity contribution is 0.454. The maximum absolute atomic E-state index is 11.6. The Morgan fingerprint density at radius 2 is 2.09 bits per heavy atom. The second-order valence-electron chi connectivity index (χ2n) is 8.40. The zero-order chi connectivity index (χ0) is 23.8. The fraction of sp³-hybridized carbons (Fsp3) is 0.217. The lowest BCUT2D eigenvalue weighted by Gasteiger charge is -2.19. The average molecular weight is 470 g/mol. The fourth-order valence-electron chi connectivity index (χ4n) is 3.83. The molecule has 1 saturated carbocycles. The van der Waals surface area contributed by atoms with E-state index >= 15 is 0 Å². The molecule has 1 atom stereocenters. The Morgan fingerprint density at radius 1 is 1.23 bits per heavy atom. The molecule has 0 bridgehead atoms. The number of nitrogens with one attached hydrogen (secondary N) is 3. The Bertz CT molecular complexity index is 1650. The van der Waals surface area contributed by atoms with Gasteiger partial charge in [0, 0.05) is 24.2 Å². The molecule has 12 nitrogen and oxygen atoms in total. The van der Waals surface area contributed by atoms with Crippen molar-refractivity contribution in [1.82, 2.24) is 39.1 Å². The summed E-state index contributed by atoms with van der Waals surface area (Å²) in [6.45, 7) is 0.615. The Hall–Kier alpha value is -4.74. The van der Waals surface area contributed by atoms with Crippen molar-refractivity contribution in [3.05, 3.63) is 87.8 Å². The molecule has 0 radical (unpaired) electrons. The number of aromatic hydroxyl groups is 1. The van der Waals surface area contributed by atoms with Gasteiger partial charge in [-0.15, -0.1) is 0 Å². The molecule has 176 valence electrons. The third-order valence-electron chi connectivity index (χ3n) is 5.72. The van der Waals surface area contributed by atoms with Crippen molar-refractivity contribution >= 4 is 17.7 Å². The number of fused-ring (bicyclic) bond motifs is 1. The first-order valence-corrected chi connectivity index (χ1v) is 11.2. The van der Waals surface area contributed by atoms with Gasteiger partial charge >= 0.3 is 5.69 Å². The third kappa shape index (κ3) is 4.40. The number of hydrogen-bond acceptors (Lipinski definition) is 8. The smallest absolute Gasteiger partial charge is 0.326 e. The lowest BCUT2D eigenvalue weighted by atomic mass is 10.1. The summed E-state index contributed by atoms with van der Waals surface area (Å²) in [5.41, 5.74) is 1.75. The summed E-state index contributed by atoms with van der Waals surface area (Å²) in [7, 11) is 0. The van der Waals surface area contributed by atoms with Crippen LogP contribution in [-0.2, 0) is 6.54 Å². The largest absolute Gasteiger partial charge is 0.493 e. The van der Waals surface area contributed by atoms with E-state index in [1.165, 1.54) is 0 Å². The van der Waals surface area contributed by atoms with Crippen molar-refractivity contribution in [2.45, 2.75) is 31.5 Å². The maximum atomic E-state index is 11.6. The quantitative estimate of drug-likeness (QED) is 0.270. The van der Waals surface area contributed by atoms with Crippen LogP contribution in [0.4, 0.5) is 5.95 Å². The molecule has 0 amide bonds. The van der Waals surface area contributed by atoms with Gasteiger partial charge in [-0.3, -0.25) is 4.98 Å². The van der Waals surface area contributed by atoms with Gasteiger partial charge in [0.15, 0.2) is 5.65 Å². The van der Waals surface area contributed by atoms with Crippen molar-refractivity contribution in [2.75, 3.05) is 5.32 Å². The van der Waals surface area contributed by atoms with Gasteiger partial charge in [0.2, 0.25) is 11.8 Å². The fourth-order valence-corrected chi connectivity index (χ4v) is 3.83. The van der Waals surface area contributed by atoms with Crippen LogP contribution in [0.15, 0.2) is 65.0 Å². The minimum atomic E-state index is -0.503. The van der Waals surface area contributed by atoms with Crippen LogP contribution < -0.4 is 21.8 Å². The molecule has 35 heavy (non-hydrogen) atoms. The number of anilines is 1. The first-order valence-electron chi connectivity index (χ1n) is 11.2. The molecule has 4 N–H and O–H groups in total. The number of aromatic amines is 2. The minimum Gasteiger partial charge on any atom is -0.493 e. The molecular formula is C23H22N10O2. The summed E-state index contributed by atoms with van der Waals surface area (Å²) < 4.78 is 3.56. The van der Waals surface area contributed by atoms with E-state index in [0.717, 1.165) is 18.4 Å². The highest BCUT2D eigenvalue weighted by Gasteiger charge is 2.21. The Balaban J connectivity index is 1.46. The van der Waals surface area contributed by atoms with Gasteiger partial charge < -0.3 is 20.0 Å². The zero-order valence-electron chi connectivity index (χ0n) is 18.5. The number of nitrogens with zero attached hydrogens (tertiary/aromatic N) is 7. The van der Waals surface area contributed by atoms with Crippen molar-refractivity contribution in [1.29, 1.82) is 0 Å². The molecular weight excluding hydrogens is 448 g/mol. The van der Waals surface area contributed by atoms with Crippen LogP contribution >= 0.6 is 0 Å². The second-order valence-corrected chi connectivity index (χ2v) is 8.40. The molecule has 6 rings (SSSR count). The summed E-state index contributed by atoms with van der Waals surface area (Å²) in [6.07, 6.45) is 10.7. The van der Waals surface area contributed by atoms with Crippen molar-refractivity contribution in [3.63, 3.8) is 0 Å². The van der Waals surface area contributed by atoms with Gasteiger partial charge in [0.25, 0.3) is 5.62 Å². The van der Waals surface area contributed by atoms with Gasteiger partial charge in [-0.1, -0.05) is 30.3 Å². The highest BCUT2D eigenvalue weighted by Crippen LogP contribution is 2.23. The van der Waals surface area contributed by atoms with E-state index in [1.807, 2.05) is 41.1 Å². The minimum absolute atomic E-state index is 0.137. The van der Waals surface area contributed by atoms with E-state index < -0.39 is 5.69 Å². The van der Waals surface area contributed by atoms with Gasteiger partial charge in [0.1, 0.15) is 5.69 Å². The zero-order valence-corrected chi connectivity index (χ0v) is 18.5. The van der Waals surface area contributed by atoms with Crippen LogP contribution in [0.3, 0.4) is 0 Å². The molecule has 5 aromatic rings. The van der Waals surface area contributed by atoms with E-state index in [0.29, 0.717) is 29.0 Å². The molecule has 12 heteroatoms. The van der Waals surface area contributed by atoms with Crippen LogP contribution in [0.25, 0.3) is 11.7 Å². The topological polar surface area (TPSA) is 154 Å². The summed E-state index contributed by atoms with van der Waals surface area (Å²) in [5.74, 6) is 0.141. The first kappa shape index (κ1) is 20.8. The Kier molecular flexibility index (Phi) is 5.09. The van der Waals surface area contributed by atoms with E-state index in [9.17, 15) is 9.90 Å². The molecule has 0 spiro atoms. The normalized spacial score (nSPS) is 15.7.